The molecule has 0 spiro atoms. The molecule has 0 aliphatic rings. The number of amides is 1. The highest BCUT2D eigenvalue weighted by atomic mass is 16.3. The molecule has 2 aromatic rings. The Bertz CT molecular complexity index is 477. The summed E-state index contributed by atoms with van der Waals surface area (Å²) in [6.45, 7) is 2.24. The van der Waals surface area contributed by atoms with Gasteiger partial charge in [0, 0.05) is 6.20 Å². The fourth-order valence-electron chi connectivity index (χ4n) is 1.34. The van der Waals surface area contributed by atoms with E-state index in [-0.39, 0.29) is 5.91 Å². The number of carbonyl (C=O) groups excluding carboxylic acids is 1. The van der Waals surface area contributed by atoms with Crippen LogP contribution in [-0.4, -0.2) is 10.9 Å². The zero-order valence-corrected chi connectivity index (χ0v) is 8.93. The number of nitrogens with zero attached hydrogens (tertiary/aromatic N) is 1. The molecule has 82 valence electrons. The smallest absolute Gasteiger partial charge is 0.270 e. The number of hydrogen-bond acceptors (Lipinski definition) is 3. The van der Waals surface area contributed by atoms with E-state index in [9.17, 15) is 4.79 Å². The summed E-state index contributed by atoms with van der Waals surface area (Å²) in [5.74, 6) is 1.37. The van der Waals surface area contributed by atoms with E-state index in [4.69, 9.17) is 4.42 Å². The molecule has 0 unspecified atom stereocenters. The van der Waals surface area contributed by atoms with Crippen LogP contribution in [0.15, 0.2) is 40.9 Å². The van der Waals surface area contributed by atoms with Crippen molar-refractivity contribution < 1.29 is 9.21 Å². The minimum Gasteiger partial charge on any atom is -0.465 e. The Labute approximate surface area is 93.3 Å². The summed E-state index contributed by atoms with van der Waals surface area (Å²) in [5, 5.41) is 2.73. The summed E-state index contributed by atoms with van der Waals surface area (Å²) in [5.41, 5.74) is 0.408. The first-order valence-electron chi connectivity index (χ1n) is 5.00. The van der Waals surface area contributed by atoms with E-state index in [0.717, 1.165) is 11.5 Å². The molecule has 0 saturated carbocycles. The first kappa shape index (κ1) is 10.4. The van der Waals surface area contributed by atoms with Crippen molar-refractivity contribution in [1.82, 2.24) is 10.3 Å². The predicted molar refractivity (Wildman–Crippen MR) is 58.9 cm³/mol. The second kappa shape index (κ2) is 4.61. The van der Waals surface area contributed by atoms with Crippen LogP contribution in [0.1, 0.15) is 22.0 Å². The number of pyridine rings is 1. The summed E-state index contributed by atoms with van der Waals surface area (Å²) < 4.78 is 5.33. The van der Waals surface area contributed by atoms with Crippen molar-refractivity contribution in [2.24, 2.45) is 0 Å². The lowest BCUT2D eigenvalue weighted by molar-refractivity contribution is 0.0943. The van der Waals surface area contributed by atoms with Crippen molar-refractivity contribution in [3.8, 4) is 0 Å². The van der Waals surface area contributed by atoms with Crippen molar-refractivity contribution in [2.75, 3.05) is 0 Å². The maximum absolute atomic E-state index is 11.6. The number of nitrogens with one attached hydrogen (secondary N) is 1. The maximum Gasteiger partial charge on any atom is 0.270 e. The molecule has 0 aliphatic heterocycles. The average molecular weight is 216 g/mol. The zero-order valence-electron chi connectivity index (χ0n) is 8.93. The molecule has 1 N–H and O–H groups in total. The number of aryl methyl sites for hydroxylation is 1. The normalized spacial score (nSPS) is 10.1. The third kappa shape index (κ3) is 2.48. The fraction of sp³-hybridized carbons (Fsp3) is 0.167. The number of furan rings is 1. The predicted octanol–water partition coefficient (Wildman–Crippen LogP) is 1.91. The molecule has 16 heavy (non-hydrogen) atoms. The van der Waals surface area contributed by atoms with Crippen LogP contribution in [0.2, 0.25) is 0 Å². The van der Waals surface area contributed by atoms with Crippen molar-refractivity contribution in [3.05, 3.63) is 53.7 Å². The molecular weight excluding hydrogens is 204 g/mol. The maximum atomic E-state index is 11.6. The molecule has 4 nitrogen and oxygen atoms in total. The lowest BCUT2D eigenvalue weighted by Gasteiger charge is -2.01. The van der Waals surface area contributed by atoms with Crippen molar-refractivity contribution in [2.45, 2.75) is 13.5 Å². The Balaban J connectivity index is 1.94. The largest absolute Gasteiger partial charge is 0.465 e. The SMILES string of the molecule is Cc1ccc(CNC(=O)c2ccccn2)o1. The van der Waals surface area contributed by atoms with E-state index in [1.54, 1.807) is 24.4 Å². The first-order chi connectivity index (χ1) is 7.75. The van der Waals surface area contributed by atoms with Gasteiger partial charge in [-0.1, -0.05) is 6.07 Å². The highest BCUT2D eigenvalue weighted by Gasteiger charge is 2.06. The molecule has 0 aliphatic carbocycles. The fourth-order valence-corrected chi connectivity index (χ4v) is 1.34. The Hall–Kier alpha value is -2.10. The minimum atomic E-state index is -0.199. The molecule has 0 fully saturated rings. The summed E-state index contributed by atoms with van der Waals surface area (Å²) in [6, 6.07) is 8.92. The summed E-state index contributed by atoms with van der Waals surface area (Å²) in [7, 11) is 0. The van der Waals surface area contributed by atoms with Crippen LogP contribution in [-0.2, 0) is 6.54 Å². The average Bonchev–Trinajstić information content (AvgIpc) is 2.73. The Kier molecular flexibility index (Phi) is 3.00. The molecule has 0 radical (unpaired) electrons. The molecular formula is C12H12N2O2. The third-order valence-electron chi connectivity index (χ3n) is 2.12. The first-order valence-corrected chi connectivity index (χ1v) is 5.00. The number of aromatic nitrogens is 1. The van der Waals surface area contributed by atoms with Gasteiger partial charge in [-0.3, -0.25) is 9.78 Å². The highest BCUT2D eigenvalue weighted by Crippen LogP contribution is 2.05. The van der Waals surface area contributed by atoms with E-state index < -0.39 is 0 Å². The number of carbonyl (C=O) groups is 1. The van der Waals surface area contributed by atoms with E-state index in [2.05, 4.69) is 10.3 Å². The molecule has 2 heterocycles. The van der Waals surface area contributed by atoms with Crippen molar-refractivity contribution >= 4 is 5.91 Å². The molecule has 4 heteroatoms. The zero-order chi connectivity index (χ0) is 11.4. The van der Waals surface area contributed by atoms with Gasteiger partial charge in [0.2, 0.25) is 0 Å². The highest BCUT2D eigenvalue weighted by molar-refractivity contribution is 5.92. The molecule has 0 aromatic carbocycles. The van der Waals surface area contributed by atoms with Crippen LogP contribution in [0.3, 0.4) is 0 Å². The number of hydrogen-bond donors (Lipinski definition) is 1. The molecule has 0 saturated heterocycles. The molecule has 1 amide bonds. The van der Waals surface area contributed by atoms with Crippen LogP contribution < -0.4 is 5.32 Å². The van der Waals surface area contributed by atoms with Gasteiger partial charge in [-0.15, -0.1) is 0 Å². The Morgan fingerprint density at radius 2 is 2.25 bits per heavy atom. The minimum absolute atomic E-state index is 0.199. The van der Waals surface area contributed by atoms with Crippen molar-refractivity contribution in [3.63, 3.8) is 0 Å². The van der Waals surface area contributed by atoms with Gasteiger partial charge >= 0.3 is 0 Å². The lowest BCUT2D eigenvalue weighted by Crippen LogP contribution is -2.23. The quantitative estimate of drug-likeness (QED) is 0.852. The Morgan fingerprint density at radius 1 is 1.38 bits per heavy atom. The topological polar surface area (TPSA) is 55.1 Å². The number of rotatable bonds is 3. The molecule has 2 aromatic heterocycles. The summed E-state index contributed by atoms with van der Waals surface area (Å²) in [6.07, 6.45) is 1.59. The third-order valence-corrected chi connectivity index (χ3v) is 2.12. The van der Waals surface area contributed by atoms with Crippen LogP contribution in [0.25, 0.3) is 0 Å². The lowest BCUT2D eigenvalue weighted by atomic mass is 10.3. The van der Waals surface area contributed by atoms with Gasteiger partial charge in [0.1, 0.15) is 17.2 Å². The van der Waals surface area contributed by atoms with E-state index >= 15 is 0 Å². The molecule has 2 rings (SSSR count). The van der Waals surface area contributed by atoms with Crippen LogP contribution in [0, 0.1) is 6.92 Å². The van der Waals surface area contributed by atoms with Gasteiger partial charge in [0.25, 0.3) is 5.91 Å². The summed E-state index contributed by atoms with van der Waals surface area (Å²) in [4.78, 5) is 15.6. The van der Waals surface area contributed by atoms with E-state index in [1.165, 1.54) is 0 Å². The Morgan fingerprint density at radius 3 is 2.88 bits per heavy atom. The van der Waals surface area contributed by atoms with Crippen LogP contribution in [0.5, 0.6) is 0 Å². The molecule has 0 bridgehead atoms. The van der Waals surface area contributed by atoms with Crippen molar-refractivity contribution in [1.29, 1.82) is 0 Å². The molecule has 0 atom stereocenters. The van der Waals surface area contributed by atoms with E-state index in [0.29, 0.717) is 12.2 Å². The van der Waals surface area contributed by atoms with Gasteiger partial charge in [0.05, 0.1) is 6.54 Å². The second-order valence-electron chi connectivity index (χ2n) is 3.41. The second-order valence-corrected chi connectivity index (χ2v) is 3.41. The standard InChI is InChI=1S/C12H12N2O2/c1-9-5-6-10(16-9)8-14-12(15)11-4-2-3-7-13-11/h2-7H,8H2,1H3,(H,14,15). The summed E-state index contributed by atoms with van der Waals surface area (Å²) >= 11 is 0. The van der Waals surface area contributed by atoms with Gasteiger partial charge in [0.15, 0.2) is 0 Å². The van der Waals surface area contributed by atoms with Gasteiger partial charge in [-0.05, 0) is 31.2 Å². The van der Waals surface area contributed by atoms with E-state index in [1.807, 2.05) is 19.1 Å². The van der Waals surface area contributed by atoms with Gasteiger partial charge in [-0.25, -0.2) is 0 Å². The van der Waals surface area contributed by atoms with Gasteiger partial charge in [-0.2, -0.15) is 0 Å². The van der Waals surface area contributed by atoms with Gasteiger partial charge < -0.3 is 9.73 Å². The van der Waals surface area contributed by atoms with Crippen LogP contribution >= 0.6 is 0 Å². The van der Waals surface area contributed by atoms with Crippen LogP contribution in [0.4, 0.5) is 0 Å². The monoisotopic (exact) mass is 216 g/mol.